The van der Waals surface area contributed by atoms with Crippen LogP contribution in [0.4, 0.5) is 0 Å². The van der Waals surface area contributed by atoms with Crippen molar-refractivity contribution in [2.24, 2.45) is 0 Å². The lowest BCUT2D eigenvalue weighted by molar-refractivity contribution is 0.0912. The van der Waals surface area contributed by atoms with Crippen molar-refractivity contribution in [2.75, 3.05) is 7.11 Å². The lowest BCUT2D eigenvalue weighted by Gasteiger charge is -2.19. The highest BCUT2D eigenvalue weighted by Crippen LogP contribution is 2.43. The third-order valence-electron chi connectivity index (χ3n) is 3.02. The van der Waals surface area contributed by atoms with Gasteiger partial charge >= 0.3 is 0 Å². The molecule has 0 atom stereocenters. The summed E-state index contributed by atoms with van der Waals surface area (Å²) in [6, 6.07) is 0. The number of fused-ring (bicyclic) bond motifs is 1. The van der Waals surface area contributed by atoms with Crippen molar-refractivity contribution in [1.29, 1.82) is 0 Å². The number of Topliss-reactive ketones (excluding diaryl/α,β-unsaturated/α-hetero) is 1. The molecule has 1 aliphatic carbocycles. The highest BCUT2D eigenvalue weighted by molar-refractivity contribution is 6.36. The van der Waals surface area contributed by atoms with E-state index >= 15 is 0 Å². The zero-order valence-electron chi connectivity index (χ0n) is 10.3. The molecule has 1 aliphatic rings. The Balaban J connectivity index is 2.85. The number of rotatable bonds is 2. The number of phenols is 2. The summed E-state index contributed by atoms with van der Waals surface area (Å²) >= 11 is 5.91. The highest BCUT2D eigenvalue weighted by Gasteiger charge is 2.35. The molecule has 0 radical (unpaired) electrons. The van der Waals surface area contributed by atoms with E-state index in [1.165, 1.54) is 7.11 Å². The molecule has 0 saturated carbocycles. The van der Waals surface area contributed by atoms with E-state index in [-0.39, 0.29) is 33.2 Å². The van der Waals surface area contributed by atoms with Gasteiger partial charge in [-0.05, 0) is 6.42 Å². The third-order valence-corrected chi connectivity index (χ3v) is 3.42. The van der Waals surface area contributed by atoms with Crippen LogP contribution in [0.2, 0.25) is 5.02 Å². The average molecular weight is 283 g/mol. The SMILES string of the molecule is CCc1c(O)c2c(c(O)c1Cl)C(=O)C(OC)=CC2=O. The van der Waals surface area contributed by atoms with Crippen molar-refractivity contribution in [3.05, 3.63) is 33.5 Å². The first kappa shape index (κ1) is 13.4. The second kappa shape index (κ2) is 4.59. The molecule has 100 valence electrons. The number of phenolic OH excluding ortho intramolecular Hbond substituents is 2. The predicted octanol–water partition coefficient (Wildman–Crippen LogP) is 2.22. The largest absolute Gasteiger partial charge is 0.507 e. The maximum atomic E-state index is 12.0. The molecule has 0 saturated heterocycles. The van der Waals surface area contributed by atoms with Crippen LogP contribution < -0.4 is 0 Å². The molecule has 19 heavy (non-hydrogen) atoms. The van der Waals surface area contributed by atoms with Gasteiger partial charge in [-0.2, -0.15) is 0 Å². The van der Waals surface area contributed by atoms with Crippen molar-refractivity contribution in [2.45, 2.75) is 13.3 Å². The third kappa shape index (κ3) is 1.77. The quantitative estimate of drug-likeness (QED) is 0.813. The molecule has 6 heteroatoms. The van der Waals surface area contributed by atoms with Gasteiger partial charge < -0.3 is 14.9 Å². The molecule has 2 N–H and O–H groups in total. The van der Waals surface area contributed by atoms with Gasteiger partial charge in [0.05, 0.1) is 23.3 Å². The number of halogens is 1. The monoisotopic (exact) mass is 282 g/mol. The van der Waals surface area contributed by atoms with Crippen LogP contribution in [0.15, 0.2) is 11.8 Å². The van der Waals surface area contributed by atoms with Crippen molar-refractivity contribution in [3.63, 3.8) is 0 Å². The molecule has 5 nitrogen and oxygen atoms in total. The summed E-state index contributed by atoms with van der Waals surface area (Å²) < 4.78 is 4.78. The molecule has 0 amide bonds. The first-order chi connectivity index (χ1) is 8.93. The number of carbonyl (C=O) groups is 2. The molecule has 0 fully saturated rings. The Labute approximate surface area is 114 Å². The maximum Gasteiger partial charge on any atom is 0.232 e. The second-order valence-electron chi connectivity index (χ2n) is 4.00. The topological polar surface area (TPSA) is 83.8 Å². The first-order valence-electron chi connectivity index (χ1n) is 5.54. The van der Waals surface area contributed by atoms with Crippen LogP contribution in [-0.2, 0) is 11.2 Å². The number of hydrogen-bond acceptors (Lipinski definition) is 5. The molecule has 0 bridgehead atoms. The van der Waals surface area contributed by atoms with Crippen molar-refractivity contribution in [1.82, 2.24) is 0 Å². The average Bonchev–Trinajstić information content (AvgIpc) is 2.38. The summed E-state index contributed by atoms with van der Waals surface area (Å²) in [5.41, 5.74) is -0.318. The van der Waals surface area contributed by atoms with Crippen LogP contribution in [0.25, 0.3) is 0 Å². The number of benzene rings is 1. The number of ketones is 2. The Hall–Kier alpha value is -2.01. The van der Waals surface area contributed by atoms with E-state index < -0.39 is 17.3 Å². The van der Waals surface area contributed by atoms with E-state index in [1.807, 2.05) is 0 Å². The first-order valence-corrected chi connectivity index (χ1v) is 5.92. The van der Waals surface area contributed by atoms with Crippen molar-refractivity contribution < 1.29 is 24.5 Å². The van der Waals surface area contributed by atoms with Crippen molar-refractivity contribution in [3.8, 4) is 11.5 Å². The summed E-state index contributed by atoms with van der Waals surface area (Å²) in [4.78, 5) is 24.0. The summed E-state index contributed by atoms with van der Waals surface area (Å²) in [5, 5.41) is 19.9. The minimum Gasteiger partial charge on any atom is -0.507 e. The van der Waals surface area contributed by atoms with E-state index in [2.05, 4.69) is 0 Å². The Kier molecular flexibility index (Phi) is 3.24. The van der Waals surface area contributed by atoms with Gasteiger partial charge in [-0.3, -0.25) is 9.59 Å². The van der Waals surface area contributed by atoms with Crippen LogP contribution in [0.5, 0.6) is 11.5 Å². The molecular formula is C13H11ClO5. The van der Waals surface area contributed by atoms with Crippen molar-refractivity contribution >= 4 is 23.2 Å². The standard InChI is InChI=1S/C13H11ClO5/c1-3-5-10(14)13(18)9-8(11(5)16)6(15)4-7(19-2)12(9)17/h4,16,18H,3H2,1-2H3. The molecule has 0 spiro atoms. The number of aromatic hydroxyl groups is 2. The van der Waals surface area contributed by atoms with E-state index in [1.54, 1.807) is 6.92 Å². The van der Waals surface area contributed by atoms with Gasteiger partial charge in [-0.25, -0.2) is 0 Å². The molecule has 0 heterocycles. The van der Waals surface area contributed by atoms with E-state index in [0.29, 0.717) is 6.42 Å². The number of methoxy groups -OCH3 is 1. The minimum absolute atomic E-state index is 0.128. The molecule has 2 rings (SSSR count). The molecule has 1 aromatic rings. The van der Waals surface area contributed by atoms with E-state index in [9.17, 15) is 19.8 Å². The van der Waals surface area contributed by atoms with E-state index in [4.69, 9.17) is 16.3 Å². The van der Waals surface area contributed by atoms with E-state index in [0.717, 1.165) is 6.08 Å². The smallest absolute Gasteiger partial charge is 0.232 e. The highest BCUT2D eigenvalue weighted by atomic mass is 35.5. The number of ether oxygens (including phenoxy) is 1. The molecule has 0 unspecified atom stereocenters. The molecule has 0 aliphatic heterocycles. The fourth-order valence-electron chi connectivity index (χ4n) is 2.06. The van der Waals surface area contributed by atoms with Gasteiger partial charge in [0.1, 0.15) is 11.5 Å². The van der Waals surface area contributed by atoms with Crippen LogP contribution >= 0.6 is 11.6 Å². The van der Waals surface area contributed by atoms with Crippen LogP contribution in [0.1, 0.15) is 33.2 Å². The molecular weight excluding hydrogens is 272 g/mol. The fraction of sp³-hybridized carbons (Fsp3) is 0.231. The Morgan fingerprint density at radius 2 is 1.84 bits per heavy atom. The number of allylic oxidation sites excluding steroid dienone is 2. The zero-order chi connectivity index (χ0) is 14.3. The predicted molar refractivity (Wildman–Crippen MR) is 67.9 cm³/mol. The lowest BCUT2D eigenvalue weighted by atomic mass is 9.89. The van der Waals surface area contributed by atoms with Gasteiger partial charge in [0, 0.05) is 11.6 Å². The Morgan fingerprint density at radius 1 is 1.21 bits per heavy atom. The normalized spacial score (nSPS) is 14.2. The van der Waals surface area contributed by atoms with Crippen LogP contribution in [0.3, 0.4) is 0 Å². The van der Waals surface area contributed by atoms with Crippen LogP contribution in [0, 0.1) is 0 Å². The second-order valence-corrected chi connectivity index (χ2v) is 4.38. The Bertz CT molecular complexity index is 631. The summed E-state index contributed by atoms with van der Waals surface area (Å²) in [6.45, 7) is 1.71. The van der Waals surface area contributed by atoms with Crippen LogP contribution in [-0.4, -0.2) is 28.9 Å². The maximum absolute atomic E-state index is 12.0. The van der Waals surface area contributed by atoms with Gasteiger partial charge in [0.25, 0.3) is 0 Å². The zero-order valence-corrected chi connectivity index (χ0v) is 11.0. The lowest BCUT2D eigenvalue weighted by Crippen LogP contribution is -2.19. The van der Waals surface area contributed by atoms with Gasteiger partial charge in [0.2, 0.25) is 5.78 Å². The molecule has 1 aromatic carbocycles. The minimum atomic E-state index is -0.686. The molecule has 0 aromatic heterocycles. The fourth-order valence-corrected chi connectivity index (χ4v) is 2.38. The number of carbonyl (C=O) groups excluding carboxylic acids is 2. The van der Waals surface area contributed by atoms with Gasteiger partial charge in [-0.1, -0.05) is 18.5 Å². The summed E-state index contributed by atoms with van der Waals surface area (Å²) in [5.74, 6) is -2.37. The summed E-state index contributed by atoms with van der Waals surface area (Å²) in [7, 11) is 1.24. The van der Waals surface area contributed by atoms with Gasteiger partial charge in [0.15, 0.2) is 11.5 Å². The number of hydrogen-bond donors (Lipinski definition) is 2. The van der Waals surface area contributed by atoms with Gasteiger partial charge in [-0.15, -0.1) is 0 Å². The summed E-state index contributed by atoms with van der Waals surface area (Å²) in [6.07, 6.45) is 1.30. The Morgan fingerprint density at radius 3 is 2.37 bits per heavy atom.